The standard InChI is InChI=1S/C6H14O3/c1-2-3-4-6(7)5-9-8/h6-8H,2-5H2,1H3. The zero-order valence-electron chi connectivity index (χ0n) is 5.71. The molecule has 0 aromatic heterocycles. The Balaban J connectivity index is 2.95. The minimum atomic E-state index is -0.505. The van der Waals surface area contributed by atoms with Crippen LogP contribution in [0.4, 0.5) is 0 Å². The highest BCUT2D eigenvalue weighted by Crippen LogP contribution is 1.99. The Morgan fingerprint density at radius 2 is 2.22 bits per heavy atom. The van der Waals surface area contributed by atoms with E-state index >= 15 is 0 Å². The summed E-state index contributed by atoms with van der Waals surface area (Å²) >= 11 is 0. The maximum atomic E-state index is 8.90. The Kier molecular flexibility index (Phi) is 5.93. The second-order valence-electron chi connectivity index (χ2n) is 2.09. The molecule has 0 amide bonds. The maximum absolute atomic E-state index is 8.90. The Hall–Kier alpha value is -0.120. The van der Waals surface area contributed by atoms with Gasteiger partial charge < -0.3 is 5.11 Å². The molecule has 0 bridgehead atoms. The molecule has 0 heterocycles. The zero-order valence-corrected chi connectivity index (χ0v) is 5.71. The average Bonchev–Trinajstić information content (AvgIpc) is 1.85. The Labute approximate surface area is 55.2 Å². The van der Waals surface area contributed by atoms with Gasteiger partial charge in [-0.1, -0.05) is 19.8 Å². The number of unbranched alkanes of at least 4 members (excludes halogenated alkanes) is 1. The van der Waals surface area contributed by atoms with Crippen molar-refractivity contribution < 1.29 is 15.3 Å². The number of aliphatic hydroxyl groups excluding tert-OH is 1. The van der Waals surface area contributed by atoms with E-state index in [0.717, 1.165) is 12.8 Å². The number of aliphatic hydroxyl groups is 1. The Morgan fingerprint density at radius 1 is 1.56 bits per heavy atom. The van der Waals surface area contributed by atoms with Gasteiger partial charge in [-0.15, -0.1) is 0 Å². The summed E-state index contributed by atoms with van der Waals surface area (Å²) in [6.45, 7) is 2.08. The summed E-state index contributed by atoms with van der Waals surface area (Å²) in [5.74, 6) is 0. The van der Waals surface area contributed by atoms with Crippen LogP contribution in [0.2, 0.25) is 0 Å². The van der Waals surface area contributed by atoms with Crippen LogP contribution in [0.1, 0.15) is 26.2 Å². The molecule has 0 aliphatic rings. The van der Waals surface area contributed by atoms with Crippen molar-refractivity contribution in [2.24, 2.45) is 0 Å². The van der Waals surface area contributed by atoms with E-state index in [2.05, 4.69) is 4.89 Å². The third-order valence-electron chi connectivity index (χ3n) is 1.16. The Morgan fingerprint density at radius 3 is 2.67 bits per heavy atom. The van der Waals surface area contributed by atoms with Gasteiger partial charge in [-0.2, -0.15) is 0 Å². The molecule has 0 spiro atoms. The van der Waals surface area contributed by atoms with E-state index in [-0.39, 0.29) is 6.61 Å². The topological polar surface area (TPSA) is 49.7 Å². The van der Waals surface area contributed by atoms with Gasteiger partial charge in [-0.25, -0.2) is 4.89 Å². The van der Waals surface area contributed by atoms with Crippen molar-refractivity contribution in [2.75, 3.05) is 6.61 Å². The van der Waals surface area contributed by atoms with Crippen LogP contribution in [0.5, 0.6) is 0 Å². The fraction of sp³-hybridized carbons (Fsp3) is 1.00. The van der Waals surface area contributed by atoms with Gasteiger partial charge in [0.2, 0.25) is 0 Å². The van der Waals surface area contributed by atoms with Crippen molar-refractivity contribution in [2.45, 2.75) is 32.3 Å². The van der Waals surface area contributed by atoms with Crippen LogP contribution in [-0.2, 0) is 4.89 Å². The lowest BCUT2D eigenvalue weighted by Gasteiger charge is -2.05. The average molecular weight is 134 g/mol. The van der Waals surface area contributed by atoms with Gasteiger partial charge in [0.15, 0.2) is 0 Å². The summed E-state index contributed by atoms with van der Waals surface area (Å²) in [5, 5.41) is 16.8. The van der Waals surface area contributed by atoms with Crippen LogP contribution < -0.4 is 0 Å². The van der Waals surface area contributed by atoms with Crippen LogP contribution in [0.25, 0.3) is 0 Å². The molecule has 0 rings (SSSR count). The second kappa shape index (κ2) is 6.01. The Bertz CT molecular complexity index is 56.3. The van der Waals surface area contributed by atoms with Crippen molar-refractivity contribution in [3.63, 3.8) is 0 Å². The van der Waals surface area contributed by atoms with Crippen LogP contribution in [-0.4, -0.2) is 23.1 Å². The predicted molar refractivity (Wildman–Crippen MR) is 34.1 cm³/mol. The lowest BCUT2D eigenvalue weighted by Crippen LogP contribution is -2.13. The first-order chi connectivity index (χ1) is 4.31. The molecule has 56 valence electrons. The highest BCUT2D eigenvalue weighted by atomic mass is 17.1. The molecule has 3 heteroatoms. The van der Waals surface area contributed by atoms with Crippen LogP contribution >= 0.6 is 0 Å². The van der Waals surface area contributed by atoms with Gasteiger partial charge in [-0.05, 0) is 6.42 Å². The molecule has 0 fully saturated rings. The molecule has 0 saturated heterocycles. The molecule has 0 aliphatic heterocycles. The first kappa shape index (κ1) is 8.88. The van der Waals surface area contributed by atoms with E-state index in [9.17, 15) is 0 Å². The lowest BCUT2D eigenvalue weighted by atomic mass is 10.2. The van der Waals surface area contributed by atoms with Crippen molar-refractivity contribution in [1.82, 2.24) is 0 Å². The molecule has 0 radical (unpaired) electrons. The third kappa shape index (κ3) is 5.76. The highest BCUT2D eigenvalue weighted by Gasteiger charge is 2.01. The van der Waals surface area contributed by atoms with Gasteiger partial charge in [0.05, 0.1) is 6.10 Å². The molecule has 2 N–H and O–H groups in total. The largest absolute Gasteiger partial charge is 0.391 e. The first-order valence-corrected chi connectivity index (χ1v) is 3.25. The molecule has 9 heavy (non-hydrogen) atoms. The second-order valence-corrected chi connectivity index (χ2v) is 2.09. The minimum absolute atomic E-state index is 0.0278. The summed E-state index contributed by atoms with van der Waals surface area (Å²) < 4.78 is 0. The minimum Gasteiger partial charge on any atom is -0.391 e. The van der Waals surface area contributed by atoms with Crippen LogP contribution in [0.15, 0.2) is 0 Å². The summed E-state index contributed by atoms with van der Waals surface area (Å²) in [4.78, 5) is 3.75. The molecule has 0 aliphatic carbocycles. The maximum Gasteiger partial charge on any atom is 0.108 e. The molecule has 1 unspecified atom stereocenters. The predicted octanol–water partition coefficient (Wildman–Crippen LogP) is 1.03. The SMILES string of the molecule is CCCCC(O)COO. The van der Waals surface area contributed by atoms with Crippen LogP contribution in [0, 0.1) is 0 Å². The van der Waals surface area contributed by atoms with Crippen molar-refractivity contribution in [3.05, 3.63) is 0 Å². The van der Waals surface area contributed by atoms with E-state index in [0.29, 0.717) is 6.42 Å². The van der Waals surface area contributed by atoms with Crippen molar-refractivity contribution >= 4 is 0 Å². The number of hydrogen-bond donors (Lipinski definition) is 2. The normalized spacial score (nSPS) is 13.7. The lowest BCUT2D eigenvalue weighted by molar-refractivity contribution is -0.257. The number of hydrogen-bond acceptors (Lipinski definition) is 3. The zero-order chi connectivity index (χ0) is 7.11. The summed E-state index contributed by atoms with van der Waals surface area (Å²) in [7, 11) is 0. The van der Waals surface area contributed by atoms with E-state index in [1.807, 2.05) is 6.92 Å². The molecular formula is C6H14O3. The molecule has 0 aromatic rings. The fourth-order valence-electron chi connectivity index (χ4n) is 0.609. The fourth-order valence-corrected chi connectivity index (χ4v) is 0.609. The van der Waals surface area contributed by atoms with Gasteiger partial charge in [-0.3, -0.25) is 5.26 Å². The van der Waals surface area contributed by atoms with Crippen molar-refractivity contribution in [3.8, 4) is 0 Å². The molecule has 0 saturated carbocycles. The van der Waals surface area contributed by atoms with Gasteiger partial charge in [0.1, 0.15) is 6.61 Å². The monoisotopic (exact) mass is 134 g/mol. The quantitative estimate of drug-likeness (QED) is 0.436. The summed E-state index contributed by atoms with van der Waals surface area (Å²) in [5.41, 5.74) is 0. The van der Waals surface area contributed by atoms with E-state index in [1.165, 1.54) is 0 Å². The van der Waals surface area contributed by atoms with Crippen molar-refractivity contribution in [1.29, 1.82) is 0 Å². The molecule has 3 nitrogen and oxygen atoms in total. The van der Waals surface area contributed by atoms with E-state index in [1.54, 1.807) is 0 Å². The van der Waals surface area contributed by atoms with Gasteiger partial charge >= 0.3 is 0 Å². The molecule has 0 aromatic carbocycles. The molecule has 1 atom stereocenters. The molecular weight excluding hydrogens is 120 g/mol. The van der Waals surface area contributed by atoms with Gasteiger partial charge in [0.25, 0.3) is 0 Å². The summed E-state index contributed by atoms with van der Waals surface area (Å²) in [6, 6.07) is 0. The summed E-state index contributed by atoms with van der Waals surface area (Å²) in [6.07, 6.45) is 2.24. The van der Waals surface area contributed by atoms with E-state index < -0.39 is 6.10 Å². The number of rotatable bonds is 5. The van der Waals surface area contributed by atoms with E-state index in [4.69, 9.17) is 10.4 Å². The van der Waals surface area contributed by atoms with Gasteiger partial charge in [0, 0.05) is 0 Å². The third-order valence-corrected chi connectivity index (χ3v) is 1.16. The highest BCUT2D eigenvalue weighted by molar-refractivity contribution is 4.51. The first-order valence-electron chi connectivity index (χ1n) is 3.25. The smallest absolute Gasteiger partial charge is 0.108 e. The van der Waals surface area contributed by atoms with Crippen LogP contribution in [0.3, 0.4) is 0 Å².